The molecule has 27 heavy (non-hydrogen) atoms. The van der Waals surface area contributed by atoms with E-state index in [0.717, 1.165) is 33.3 Å². The van der Waals surface area contributed by atoms with Crippen LogP contribution >= 0.6 is 15.9 Å². The van der Waals surface area contributed by atoms with Crippen LogP contribution in [0.2, 0.25) is 0 Å². The van der Waals surface area contributed by atoms with Crippen LogP contribution in [0.15, 0.2) is 53.0 Å². The van der Waals surface area contributed by atoms with Gasteiger partial charge in [-0.3, -0.25) is 14.5 Å². The van der Waals surface area contributed by atoms with E-state index in [2.05, 4.69) is 26.6 Å². The highest BCUT2D eigenvalue weighted by atomic mass is 79.9. The summed E-state index contributed by atoms with van der Waals surface area (Å²) in [7, 11) is 0. The number of halogens is 1. The molecular weight excluding hydrogens is 410 g/mol. The Kier molecular flexibility index (Phi) is 4.47. The van der Waals surface area contributed by atoms with Gasteiger partial charge in [-0.2, -0.15) is 0 Å². The predicted octanol–water partition coefficient (Wildman–Crippen LogP) is 3.17. The molecule has 2 N–H and O–H groups in total. The Hall–Kier alpha value is -2.67. The first-order valence-electron chi connectivity index (χ1n) is 8.77. The van der Waals surface area contributed by atoms with Crippen molar-refractivity contribution >= 4 is 39.5 Å². The van der Waals surface area contributed by atoms with Crippen LogP contribution in [0.25, 0.3) is 0 Å². The first kappa shape index (κ1) is 17.7. The second kappa shape index (κ2) is 6.81. The van der Waals surface area contributed by atoms with Crippen molar-refractivity contribution in [2.75, 3.05) is 11.9 Å². The highest BCUT2D eigenvalue weighted by Crippen LogP contribution is 2.39. The fraction of sp³-hybridized carbons (Fsp3) is 0.250. The van der Waals surface area contributed by atoms with E-state index in [1.54, 1.807) is 18.2 Å². The van der Waals surface area contributed by atoms with Gasteiger partial charge in [0.15, 0.2) is 0 Å². The zero-order valence-corrected chi connectivity index (χ0v) is 16.1. The first-order chi connectivity index (χ1) is 13.0. The van der Waals surface area contributed by atoms with Gasteiger partial charge < -0.3 is 10.6 Å². The molecule has 6 nitrogen and oxygen atoms in total. The second-order valence-corrected chi connectivity index (χ2v) is 7.71. The van der Waals surface area contributed by atoms with E-state index in [-0.39, 0.29) is 12.5 Å². The van der Waals surface area contributed by atoms with Crippen molar-refractivity contribution in [3.8, 4) is 0 Å². The number of nitrogens with one attached hydrogen (secondary N) is 2. The smallest absolute Gasteiger partial charge is 0.324 e. The van der Waals surface area contributed by atoms with Gasteiger partial charge in [-0.05, 0) is 48.6 Å². The summed E-state index contributed by atoms with van der Waals surface area (Å²) in [4.78, 5) is 39.1. The Morgan fingerprint density at radius 3 is 2.81 bits per heavy atom. The van der Waals surface area contributed by atoms with Crippen LogP contribution in [0.5, 0.6) is 0 Å². The fourth-order valence-corrected chi connectivity index (χ4v) is 4.26. The minimum Gasteiger partial charge on any atom is -0.324 e. The zero-order chi connectivity index (χ0) is 19.0. The number of nitrogens with zero attached hydrogens (tertiary/aromatic N) is 1. The largest absolute Gasteiger partial charge is 0.325 e. The zero-order valence-electron chi connectivity index (χ0n) is 14.5. The van der Waals surface area contributed by atoms with Crippen molar-refractivity contribution in [2.45, 2.75) is 24.8 Å². The number of benzene rings is 2. The number of carbonyl (C=O) groups excluding carboxylic acids is 3. The topological polar surface area (TPSA) is 78.5 Å². The van der Waals surface area contributed by atoms with Crippen molar-refractivity contribution in [1.82, 2.24) is 10.2 Å². The molecule has 1 fully saturated rings. The van der Waals surface area contributed by atoms with E-state index >= 15 is 0 Å². The fourth-order valence-electron chi connectivity index (χ4n) is 3.87. The molecule has 1 heterocycles. The lowest BCUT2D eigenvalue weighted by Crippen LogP contribution is -2.47. The van der Waals surface area contributed by atoms with Gasteiger partial charge in [0.05, 0.1) is 0 Å². The molecule has 4 rings (SSSR count). The van der Waals surface area contributed by atoms with Crippen LogP contribution in [0.3, 0.4) is 0 Å². The van der Waals surface area contributed by atoms with Gasteiger partial charge in [0, 0.05) is 10.2 Å². The standard InChI is InChI=1S/C20H18BrN3O3/c21-14-7-3-8-15(11-14)22-17(25)12-24-18(26)20(23-19(24)27)10-4-6-13-5-1-2-9-16(13)20/h1-3,5,7-9,11H,4,6,10,12H2,(H,22,25)(H,23,27)/t20-/m0/s1. The maximum Gasteiger partial charge on any atom is 0.325 e. The van der Waals surface area contributed by atoms with E-state index in [4.69, 9.17) is 0 Å². The van der Waals surface area contributed by atoms with Gasteiger partial charge >= 0.3 is 6.03 Å². The predicted molar refractivity (Wildman–Crippen MR) is 104 cm³/mol. The number of rotatable bonds is 3. The summed E-state index contributed by atoms with van der Waals surface area (Å²) >= 11 is 3.34. The van der Waals surface area contributed by atoms with Crippen LogP contribution in [0, 0.1) is 0 Å². The molecule has 1 aliphatic carbocycles. The summed E-state index contributed by atoms with van der Waals surface area (Å²) in [6, 6.07) is 14.3. The summed E-state index contributed by atoms with van der Waals surface area (Å²) in [6.45, 7) is -0.318. The third kappa shape index (κ3) is 3.12. The number of amides is 4. The Bertz CT molecular complexity index is 946. The number of hydrogen-bond acceptors (Lipinski definition) is 3. The second-order valence-electron chi connectivity index (χ2n) is 6.80. The van der Waals surface area contributed by atoms with Crippen LogP contribution in [-0.4, -0.2) is 29.3 Å². The van der Waals surface area contributed by atoms with Crippen molar-refractivity contribution < 1.29 is 14.4 Å². The summed E-state index contributed by atoms with van der Waals surface area (Å²) in [5.74, 6) is -0.776. The van der Waals surface area contributed by atoms with E-state index in [9.17, 15) is 14.4 Å². The van der Waals surface area contributed by atoms with Crippen molar-refractivity contribution in [2.24, 2.45) is 0 Å². The van der Waals surface area contributed by atoms with Crippen molar-refractivity contribution in [1.29, 1.82) is 0 Å². The molecule has 0 aromatic heterocycles. The Morgan fingerprint density at radius 2 is 2.00 bits per heavy atom. The first-order valence-corrected chi connectivity index (χ1v) is 9.57. The van der Waals surface area contributed by atoms with Gasteiger partial charge in [-0.15, -0.1) is 0 Å². The molecule has 1 saturated heterocycles. The van der Waals surface area contributed by atoms with Crippen LogP contribution in [0.1, 0.15) is 24.0 Å². The molecule has 4 amide bonds. The molecule has 1 atom stereocenters. The molecule has 0 radical (unpaired) electrons. The van der Waals surface area contributed by atoms with Gasteiger partial charge in [0.1, 0.15) is 12.1 Å². The van der Waals surface area contributed by atoms with E-state index in [1.807, 2.05) is 30.3 Å². The Balaban J connectivity index is 1.55. The molecule has 0 saturated carbocycles. The van der Waals surface area contributed by atoms with E-state index in [0.29, 0.717) is 12.1 Å². The van der Waals surface area contributed by atoms with E-state index < -0.39 is 17.5 Å². The molecule has 2 aliphatic rings. The summed E-state index contributed by atoms with van der Waals surface area (Å²) in [5.41, 5.74) is 1.45. The van der Waals surface area contributed by atoms with E-state index in [1.165, 1.54) is 0 Å². The number of imide groups is 1. The van der Waals surface area contributed by atoms with Crippen LogP contribution < -0.4 is 10.6 Å². The monoisotopic (exact) mass is 427 g/mol. The number of anilines is 1. The summed E-state index contributed by atoms with van der Waals surface area (Å²) in [5, 5.41) is 5.57. The molecule has 2 aromatic carbocycles. The molecule has 0 unspecified atom stereocenters. The number of carbonyl (C=O) groups is 3. The Labute approximate surface area is 165 Å². The maximum atomic E-state index is 13.2. The lowest BCUT2D eigenvalue weighted by molar-refractivity contribution is -0.134. The third-order valence-corrected chi connectivity index (χ3v) is 5.55. The summed E-state index contributed by atoms with van der Waals surface area (Å²) < 4.78 is 0.827. The van der Waals surface area contributed by atoms with Crippen LogP contribution in [-0.2, 0) is 21.5 Å². The number of aryl methyl sites for hydroxylation is 1. The van der Waals surface area contributed by atoms with Crippen molar-refractivity contribution in [3.05, 3.63) is 64.1 Å². The van der Waals surface area contributed by atoms with Gasteiger partial charge in [-0.1, -0.05) is 46.3 Å². The average Bonchev–Trinajstić information content (AvgIpc) is 2.87. The van der Waals surface area contributed by atoms with Gasteiger partial charge in [0.25, 0.3) is 5.91 Å². The lowest BCUT2D eigenvalue weighted by Gasteiger charge is -2.33. The molecule has 0 bridgehead atoms. The molecule has 1 aliphatic heterocycles. The lowest BCUT2D eigenvalue weighted by atomic mass is 9.76. The molecule has 138 valence electrons. The highest BCUT2D eigenvalue weighted by molar-refractivity contribution is 9.10. The quantitative estimate of drug-likeness (QED) is 0.738. The third-order valence-electron chi connectivity index (χ3n) is 5.06. The average molecular weight is 428 g/mol. The summed E-state index contributed by atoms with van der Waals surface area (Å²) in [6.07, 6.45) is 2.23. The minimum atomic E-state index is -1.05. The van der Waals surface area contributed by atoms with Gasteiger partial charge in [-0.25, -0.2) is 4.79 Å². The normalized spacial score (nSPS) is 21.1. The Morgan fingerprint density at radius 1 is 1.19 bits per heavy atom. The molecule has 2 aromatic rings. The highest BCUT2D eigenvalue weighted by Gasteiger charge is 2.54. The number of urea groups is 1. The molecular formula is C20H18BrN3O3. The number of fused-ring (bicyclic) bond motifs is 2. The minimum absolute atomic E-state index is 0.318. The molecule has 1 spiro atoms. The van der Waals surface area contributed by atoms with Crippen LogP contribution in [0.4, 0.5) is 10.5 Å². The molecule has 7 heteroatoms. The van der Waals surface area contributed by atoms with Gasteiger partial charge in [0.2, 0.25) is 5.91 Å². The van der Waals surface area contributed by atoms with Crippen molar-refractivity contribution in [3.63, 3.8) is 0 Å². The SMILES string of the molecule is O=C(CN1C(=O)N[C@]2(CCCc3ccccc32)C1=O)Nc1cccc(Br)c1. The number of hydrogen-bond donors (Lipinski definition) is 2. The maximum absolute atomic E-state index is 13.2.